The van der Waals surface area contributed by atoms with E-state index in [2.05, 4.69) is 19.9 Å². The van der Waals surface area contributed by atoms with Crippen molar-refractivity contribution in [1.82, 2.24) is 4.90 Å². The summed E-state index contributed by atoms with van der Waals surface area (Å²) in [6, 6.07) is 0. The van der Waals surface area contributed by atoms with E-state index in [0.717, 1.165) is 32.7 Å². The molecule has 1 saturated heterocycles. The summed E-state index contributed by atoms with van der Waals surface area (Å²) in [5.41, 5.74) is 1.42. The minimum atomic E-state index is -0.163. The predicted molar refractivity (Wildman–Crippen MR) is 63.6 cm³/mol. The van der Waals surface area contributed by atoms with Gasteiger partial charge in [0, 0.05) is 0 Å². The largest absolute Gasteiger partial charge is 0.450 e. The summed E-state index contributed by atoms with van der Waals surface area (Å²) in [5.74, 6) is 0. The SMILES string of the molecule is C/C=C(\C)C[NH+]1CCN(C(=O)OCC)CC1. The molecule has 0 aromatic heterocycles. The van der Waals surface area contributed by atoms with E-state index in [4.69, 9.17) is 4.74 Å². The second kappa shape index (κ2) is 6.53. The van der Waals surface area contributed by atoms with Gasteiger partial charge < -0.3 is 9.64 Å². The van der Waals surface area contributed by atoms with Crippen LogP contribution in [0, 0.1) is 0 Å². The smallest absolute Gasteiger partial charge is 0.410 e. The first-order valence-corrected chi connectivity index (χ1v) is 6.04. The van der Waals surface area contributed by atoms with E-state index in [1.807, 2.05) is 6.92 Å². The maximum atomic E-state index is 11.5. The van der Waals surface area contributed by atoms with E-state index in [-0.39, 0.29) is 6.09 Å². The molecule has 0 radical (unpaired) electrons. The maximum absolute atomic E-state index is 11.5. The van der Waals surface area contributed by atoms with Gasteiger partial charge in [-0.3, -0.25) is 4.90 Å². The fraction of sp³-hybridized carbons (Fsp3) is 0.750. The van der Waals surface area contributed by atoms with Crippen molar-refractivity contribution in [2.45, 2.75) is 20.8 Å². The zero-order valence-corrected chi connectivity index (χ0v) is 10.6. The Morgan fingerprint density at radius 1 is 1.44 bits per heavy atom. The Kier molecular flexibility index (Phi) is 5.32. The van der Waals surface area contributed by atoms with Gasteiger partial charge in [0.2, 0.25) is 0 Å². The molecule has 1 aliphatic rings. The molecule has 0 aromatic carbocycles. The molecule has 0 aromatic rings. The van der Waals surface area contributed by atoms with Gasteiger partial charge in [-0.1, -0.05) is 6.08 Å². The lowest BCUT2D eigenvalue weighted by Gasteiger charge is -2.31. The van der Waals surface area contributed by atoms with E-state index in [0.29, 0.717) is 6.61 Å². The topological polar surface area (TPSA) is 34.0 Å². The molecular weight excluding hydrogens is 204 g/mol. The number of piperazine rings is 1. The van der Waals surface area contributed by atoms with E-state index in [1.54, 1.807) is 9.80 Å². The standard InChI is InChI=1S/C12H22N2O2/c1-4-11(3)10-13-6-8-14(9-7-13)12(15)16-5-2/h4H,5-10H2,1-3H3/p+1/b11-4+. The van der Waals surface area contributed by atoms with Crippen molar-refractivity contribution < 1.29 is 14.4 Å². The average molecular weight is 227 g/mol. The van der Waals surface area contributed by atoms with Gasteiger partial charge in [0.15, 0.2) is 0 Å². The third-order valence-electron chi connectivity index (χ3n) is 3.02. The third kappa shape index (κ3) is 3.85. The zero-order chi connectivity index (χ0) is 12.0. The Labute approximate surface area is 97.9 Å². The third-order valence-corrected chi connectivity index (χ3v) is 3.02. The number of carbonyl (C=O) groups excluding carboxylic acids is 1. The normalized spacial score (nSPS) is 18.7. The molecule has 92 valence electrons. The molecule has 0 atom stereocenters. The van der Waals surface area contributed by atoms with Crippen molar-refractivity contribution in [2.75, 3.05) is 39.3 Å². The molecule has 1 N–H and O–H groups in total. The van der Waals surface area contributed by atoms with Crippen LogP contribution in [0.3, 0.4) is 0 Å². The second-order valence-corrected chi connectivity index (χ2v) is 4.25. The Morgan fingerprint density at radius 3 is 2.56 bits per heavy atom. The van der Waals surface area contributed by atoms with Crippen molar-refractivity contribution in [3.8, 4) is 0 Å². The van der Waals surface area contributed by atoms with Crippen molar-refractivity contribution in [3.05, 3.63) is 11.6 Å². The molecule has 0 aliphatic carbocycles. The van der Waals surface area contributed by atoms with E-state index < -0.39 is 0 Å². The number of carbonyl (C=O) groups is 1. The number of hydrogen-bond donors (Lipinski definition) is 1. The summed E-state index contributed by atoms with van der Waals surface area (Å²) < 4.78 is 4.99. The summed E-state index contributed by atoms with van der Waals surface area (Å²) in [7, 11) is 0. The number of hydrogen-bond acceptors (Lipinski definition) is 2. The molecule has 1 rings (SSSR count). The summed E-state index contributed by atoms with van der Waals surface area (Å²) in [4.78, 5) is 14.8. The lowest BCUT2D eigenvalue weighted by Crippen LogP contribution is -3.15. The highest BCUT2D eigenvalue weighted by atomic mass is 16.6. The second-order valence-electron chi connectivity index (χ2n) is 4.25. The van der Waals surface area contributed by atoms with Gasteiger partial charge in [-0.25, -0.2) is 4.79 Å². The van der Waals surface area contributed by atoms with Crippen molar-refractivity contribution in [1.29, 1.82) is 0 Å². The van der Waals surface area contributed by atoms with Gasteiger partial charge in [-0.2, -0.15) is 0 Å². The highest BCUT2D eigenvalue weighted by Crippen LogP contribution is 1.95. The highest BCUT2D eigenvalue weighted by molar-refractivity contribution is 5.67. The van der Waals surface area contributed by atoms with Crippen LogP contribution < -0.4 is 4.90 Å². The van der Waals surface area contributed by atoms with Crippen molar-refractivity contribution >= 4 is 6.09 Å². The Bertz CT molecular complexity index is 256. The number of rotatable bonds is 3. The number of nitrogens with one attached hydrogen (secondary N) is 1. The van der Waals surface area contributed by atoms with Crippen LogP contribution in [0.4, 0.5) is 4.79 Å². The summed E-state index contributed by atoms with van der Waals surface area (Å²) in [5, 5.41) is 0. The summed E-state index contributed by atoms with van der Waals surface area (Å²) in [6.07, 6.45) is 1.99. The Balaban J connectivity index is 2.31. The molecule has 1 heterocycles. The molecule has 1 aliphatic heterocycles. The molecule has 0 spiro atoms. The van der Waals surface area contributed by atoms with Crippen molar-refractivity contribution in [3.63, 3.8) is 0 Å². The lowest BCUT2D eigenvalue weighted by atomic mass is 10.2. The van der Waals surface area contributed by atoms with Crippen LogP contribution in [0.25, 0.3) is 0 Å². The van der Waals surface area contributed by atoms with E-state index in [9.17, 15) is 4.79 Å². The Morgan fingerprint density at radius 2 is 2.06 bits per heavy atom. The first-order valence-electron chi connectivity index (χ1n) is 6.04. The van der Waals surface area contributed by atoms with Crippen LogP contribution >= 0.6 is 0 Å². The summed E-state index contributed by atoms with van der Waals surface area (Å²) >= 11 is 0. The molecule has 0 unspecified atom stereocenters. The molecule has 16 heavy (non-hydrogen) atoms. The molecule has 4 heteroatoms. The van der Waals surface area contributed by atoms with Crippen LogP contribution in [-0.4, -0.2) is 50.3 Å². The quantitative estimate of drug-likeness (QED) is 0.704. The van der Waals surface area contributed by atoms with Gasteiger partial charge >= 0.3 is 6.09 Å². The van der Waals surface area contributed by atoms with Gasteiger partial charge in [0.1, 0.15) is 0 Å². The number of ether oxygens (including phenoxy) is 1. The average Bonchev–Trinajstić information content (AvgIpc) is 2.30. The zero-order valence-electron chi connectivity index (χ0n) is 10.6. The van der Waals surface area contributed by atoms with Crippen LogP contribution in [0.1, 0.15) is 20.8 Å². The van der Waals surface area contributed by atoms with E-state index >= 15 is 0 Å². The van der Waals surface area contributed by atoms with Crippen LogP contribution in [0.5, 0.6) is 0 Å². The summed E-state index contributed by atoms with van der Waals surface area (Å²) in [6.45, 7) is 11.3. The number of quaternary nitrogens is 1. The minimum absolute atomic E-state index is 0.163. The fourth-order valence-electron chi connectivity index (χ4n) is 1.89. The Hall–Kier alpha value is -1.03. The predicted octanol–water partition coefficient (Wildman–Crippen LogP) is 0.310. The fourth-order valence-corrected chi connectivity index (χ4v) is 1.89. The minimum Gasteiger partial charge on any atom is -0.450 e. The van der Waals surface area contributed by atoms with Gasteiger partial charge in [-0.05, 0) is 26.3 Å². The molecule has 0 saturated carbocycles. The van der Waals surface area contributed by atoms with Crippen molar-refractivity contribution in [2.24, 2.45) is 0 Å². The number of nitrogens with zero attached hydrogens (tertiary/aromatic N) is 1. The van der Waals surface area contributed by atoms with Gasteiger partial charge in [0.25, 0.3) is 0 Å². The molecule has 1 amide bonds. The molecular formula is C12H23N2O2+. The van der Waals surface area contributed by atoms with E-state index in [1.165, 1.54) is 5.57 Å². The molecule has 4 nitrogen and oxygen atoms in total. The first kappa shape index (κ1) is 13.0. The maximum Gasteiger partial charge on any atom is 0.410 e. The lowest BCUT2D eigenvalue weighted by molar-refractivity contribution is -0.899. The monoisotopic (exact) mass is 227 g/mol. The molecule has 0 bridgehead atoms. The molecule has 1 fully saturated rings. The number of allylic oxidation sites excluding steroid dienone is 1. The number of amides is 1. The van der Waals surface area contributed by atoms with Gasteiger partial charge in [0.05, 0.1) is 39.3 Å². The van der Waals surface area contributed by atoms with Crippen LogP contribution in [0.2, 0.25) is 0 Å². The van der Waals surface area contributed by atoms with Gasteiger partial charge in [-0.15, -0.1) is 0 Å². The first-order chi connectivity index (χ1) is 7.67. The highest BCUT2D eigenvalue weighted by Gasteiger charge is 2.24. The van der Waals surface area contributed by atoms with Crippen LogP contribution in [0.15, 0.2) is 11.6 Å². The van der Waals surface area contributed by atoms with Crippen LogP contribution in [-0.2, 0) is 4.74 Å².